The molecule has 4 rings (SSSR count). The SMILES string of the molecule is CC(C)(C)c1ccc(CCP(=[Se])(CCc2ccc(C(C)(C)C)cc2)C(Nc2ccccc2)c2ccco2)cc1. The van der Waals surface area contributed by atoms with Crippen LogP contribution in [0.1, 0.15) is 75.3 Å². The van der Waals surface area contributed by atoms with Crippen LogP contribution in [0, 0.1) is 0 Å². The van der Waals surface area contributed by atoms with Gasteiger partial charge in [0.15, 0.2) is 0 Å². The molecule has 0 aliphatic heterocycles. The van der Waals surface area contributed by atoms with Crippen molar-refractivity contribution in [3.63, 3.8) is 0 Å². The number of hydrogen-bond donors (Lipinski definition) is 1. The van der Waals surface area contributed by atoms with Gasteiger partial charge in [0.2, 0.25) is 0 Å². The van der Waals surface area contributed by atoms with Gasteiger partial charge in [-0.2, -0.15) is 0 Å². The quantitative estimate of drug-likeness (QED) is 0.144. The molecule has 1 aromatic heterocycles. The fourth-order valence-electron chi connectivity index (χ4n) is 4.91. The topological polar surface area (TPSA) is 25.2 Å². The van der Waals surface area contributed by atoms with E-state index in [2.05, 4.69) is 147 Å². The molecule has 2 nitrogen and oxygen atoms in total. The molecule has 0 saturated heterocycles. The van der Waals surface area contributed by atoms with Crippen molar-refractivity contribution in [2.75, 3.05) is 17.6 Å². The van der Waals surface area contributed by atoms with Crippen LogP contribution in [0.2, 0.25) is 0 Å². The van der Waals surface area contributed by atoms with Gasteiger partial charge in [-0.15, -0.1) is 0 Å². The molecular formula is C35H44NOPSe. The Morgan fingerprint density at radius 2 is 1.15 bits per heavy atom. The molecule has 1 unspecified atom stereocenters. The van der Waals surface area contributed by atoms with E-state index in [1.54, 1.807) is 6.26 Å². The number of para-hydroxylation sites is 1. The van der Waals surface area contributed by atoms with Gasteiger partial charge in [0.05, 0.1) is 0 Å². The summed E-state index contributed by atoms with van der Waals surface area (Å²) in [7, 11) is 0. The van der Waals surface area contributed by atoms with Gasteiger partial charge in [-0.1, -0.05) is 0 Å². The second kappa shape index (κ2) is 12.5. The van der Waals surface area contributed by atoms with E-state index >= 15 is 0 Å². The number of aryl methyl sites for hydroxylation is 2. The van der Waals surface area contributed by atoms with Crippen molar-refractivity contribution in [2.24, 2.45) is 0 Å². The molecule has 0 fully saturated rings. The first kappa shape index (κ1) is 29.7. The van der Waals surface area contributed by atoms with E-state index in [1.807, 2.05) is 6.07 Å². The molecule has 0 amide bonds. The molecule has 0 aliphatic carbocycles. The number of nitrogens with one attached hydrogen (secondary N) is 1. The summed E-state index contributed by atoms with van der Waals surface area (Å²) in [6.45, 7) is 13.6. The Morgan fingerprint density at radius 1 is 0.667 bits per heavy atom. The van der Waals surface area contributed by atoms with Crippen LogP contribution >= 0.6 is 5.51 Å². The van der Waals surface area contributed by atoms with Gasteiger partial charge in [0.25, 0.3) is 0 Å². The predicted molar refractivity (Wildman–Crippen MR) is 172 cm³/mol. The molecule has 1 N–H and O–H groups in total. The van der Waals surface area contributed by atoms with Crippen molar-refractivity contribution in [1.29, 1.82) is 0 Å². The molecule has 0 radical (unpaired) electrons. The van der Waals surface area contributed by atoms with Crippen molar-refractivity contribution in [3.8, 4) is 0 Å². The second-order valence-electron chi connectivity index (χ2n) is 12.7. The standard InChI is InChI=1S/C35H44NOPSe/c1-34(2,3)29-18-14-27(15-19-29)22-25-38(39,26-23-28-16-20-30(21-17-28)35(4,5)6)33(32-13-10-24-37-32)36-31-11-8-7-9-12-31/h7-21,24,33,36H,22-23,25-26H2,1-6H3. The van der Waals surface area contributed by atoms with Gasteiger partial charge >= 0.3 is 245 Å². The van der Waals surface area contributed by atoms with E-state index in [0.717, 1.165) is 36.6 Å². The van der Waals surface area contributed by atoms with Gasteiger partial charge in [-0.3, -0.25) is 0 Å². The summed E-state index contributed by atoms with van der Waals surface area (Å²) in [6, 6.07) is 33.2. The molecular weight excluding hydrogens is 560 g/mol. The van der Waals surface area contributed by atoms with Crippen LogP contribution in [-0.4, -0.2) is 27.4 Å². The summed E-state index contributed by atoms with van der Waals surface area (Å²) in [5.41, 5.74) is 5.34. The zero-order chi connectivity index (χ0) is 28.1. The number of rotatable bonds is 10. The average Bonchev–Trinajstić information content (AvgIpc) is 3.44. The third-order valence-corrected chi connectivity index (χ3v) is 14.5. The van der Waals surface area contributed by atoms with Crippen LogP contribution in [0.15, 0.2) is 102 Å². The Labute approximate surface area is 243 Å². The molecule has 39 heavy (non-hydrogen) atoms. The summed E-state index contributed by atoms with van der Waals surface area (Å²) in [4.78, 5) is 0. The van der Waals surface area contributed by atoms with E-state index in [9.17, 15) is 0 Å². The zero-order valence-electron chi connectivity index (χ0n) is 24.4. The fourth-order valence-corrected chi connectivity index (χ4v) is 10.1. The number of hydrogen-bond acceptors (Lipinski definition) is 2. The Balaban J connectivity index is 1.62. The molecule has 0 spiro atoms. The first-order chi connectivity index (χ1) is 18.4. The maximum absolute atomic E-state index is 6.07. The third kappa shape index (κ3) is 8.11. The van der Waals surface area contributed by atoms with Crippen molar-refractivity contribution in [3.05, 3.63) is 125 Å². The summed E-state index contributed by atoms with van der Waals surface area (Å²) in [6.07, 6.45) is 6.10. The molecule has 1 atom stereocenters. The second-order valence-corrected chi connectivity index (χ2v) is 20.6. The van der Waals surface area contributed by atoms with Crippen LogP contribution in [0.4, 0.5) is 5.69 Å². The Kier molecular flexibility index (Phi) is 9.48. The Morgan fingerprint density at radius 3 is 1.56 bits per heavy atom. The van der Waals surface area contributed by atoms with E-state index in [1.165, 1.54) is 22.3 Å². The van der Waals surface area contributed by atoms with Crippen molar-refractivity contribution >= 4 is 26.3 Å². The molecule has 3 aromatic carbocycles. The van der Waals surface area contributed by atoms with Crippen molar-refractivity contribution in [2.45, 2.75) is 71.0 Å². The van der Waals surface area contributed by atoms with Gasteiger partial charge in [-0.05, 0) is 0 Å². The van der Waals surface area contributed by atoms with Gasteiger partial charge in [0, 0.05) is 0 Å². The summed E-state index contributed by atoms with van der Waals surface area (Å²) in [5, 5.41) is 3.88. The number of anilines is 1. The first-order valence-corrected chi connectivity index (χ1v) is 18.5. The first-order valence-electron chi connectivity index (χ1n) is 14.1. The number of benzene rings is 3. The van der Waals surface area contributed by atoms with Crippen LogP contribution < -0.4 is 5.32 Å². The number of furan rings is 1. The maximum atomic E-state index is 6.07. The van der Waals surface area contributed by atoms with Crippen molar-refractivity contribution in [1.82, 2.24) is 0 Å². The Bertz CT molecular complexity index is 1280. The van der Waals surface area contributed by atoms with E-state index in [0.29, 0.717) is 0 Å². The van der Waals surface area contributed by atoms with Crippen LogP contribution in [-0.2, 0) is 23.7 Å². The average molecular weight is 605 g/mol. The summed E-state index contributed by atoms with van der Waals surface area (Å²) >= 11 is 3.80. The third-order valence-electron chi connectivity index (χ3n) is 7.56. The zero-order valence-corrected chi connectivity index (χ0v) is 27.0. The molecule has 4 aromatic rings. The van der Waals surface area contributed by atoms with Gasteiger partial charge < -0.3 is 0 Å². The molecule has 1 heterocycles. The van der Waals surface area contributed by atoms with Crippen LogP contribution in [0.3, 0.4) is 0 Å². The van der Waals surface area contributed by atoms with Crippen LogP contribution in [0.5, 0.6) is 0 Å². The van der Waals surface area contributed by atoms with E-state index in [-0.39, 0.29) is 16.6 Å². The van der Waals surface area contributed by atoms with Gasteiger partial charge in [0.1, 0.15) is 0 Å². The molecule has 4 heteroatoms. The minimum atomic E-state index is -1.68. The summed E-state index contributed by atoms with van der Waals surface area (Å²) in [5.74, 6) is 1.12. The normalized spacial score (nSPS) is 13.3. The molecule has 0 bridgehead atoms. The van der Waals surface area contributed by atoms with Crippen LogP contribution in [0.25, 0.3) is 0 Å². The summed E-state index contributed by atoms with van der Waals surface area (Å²) < 4.78 is 6.07. The van der Waals surface area contributed by atoms with E-state index in [4.69, 9.17) is 4.42 Å². The molecule has 206 valence electrons. The van der Waals surface area contributed by atoms with Crippen molar-refractivity contribution < 1.29 is 4.42 Å². The fraction of sp³-hybridized carbons (Fsp3) is 0.371. The monoisotopic (exact) mass is 605 g/mol. The van der Waals surface area contributed by atoms with Gasteiger partial charge in [-0.25, -0.2) is 0 Å². The Hall–Kier alpha value is -2.31. The molecule has 0 aliphatic rings. The molecule has 0 saturated carbocycles. The predicted octanol–water partition coefficient (Wildman–Crippen LogP) is 9.57. The van der Waals surface area contributed by atoms with E-state index < -0.39 is 5.51 Å². The minimum absolute atomic E-state index is 0.109.